The van der Waals surface area contributed by atoms with E-state index in [1.807, 2.05) is 0 Å². The number of hydrogen-bond acceptors (Lipinski definition) is 8. The normalized spacial score (nSPS) is 14.2. The molecule has 0 aliphatic heterocycles. The lowest BCUT2D eigenvalue weighted by atomic mass is 9.93. The largest absolute Gasteiger partial charge is 0.488 e. The molecule has 0 unspecified atom stereocenters. The molecule has 0 saturated carbocycles. The fourth-order valence-electron chi connectivity index (χ4n) is 3.41. The van der Waals surface area contributed by atoms with Crippen LogP contribution in [0.5, 0.6) is 0 Å². The van der Waals surface area contributed by atoms with Gasteiger partial charge in [0.25, 0.3) is 0 Å². The topological polar surface area (TPSA) is 126 Å². The van der Waals surface area contributed by atoms with E-state index in [0.717, 1.165) is 0 Å². The van der Waals surface area contributed by atoms with Crippen LogP contribution in [0.1, 0.15) is 57.4 Å². The van der Waals surface area contributed by atoms with Gasteiger partial charge < -0.3 is 39.2 Å². The van der Waals surface area contributed by atoms with E-state index in [2.05, 4.69) is 20.1 Å². The SMILES string of the molecule is C.C.C.C.C.C.O[Si](O)(CCCNCCNCCNC/C=C(\F)C(F)(F)C(F)(F)C(F)(F)F)O[Si](O)(O)CCC(F)(F)C(F)(F)C(F)(F)C(F)(F)C(F)(F)C(F)(F)F. The lowest BCUT2D eigenvalue weighted by Gasteiger charge is -2.40. The number of halogens is 21. The third-order valence-electron chi connectivity index (χ3n) is 6.38. The van der Waals surface area contributed by atoms with Crippen molar-refractivity contribution in [1.82, 2.24) is 16.0 Å². The molecule has 0 fully saturated rings. The van der Waals surface area contributed by atoms with Gasteiger partial charge >= 0.3 is 71.4 Å². The molecule has 0 aromatic heterocycles. The Bertz CT molecular complexity index is 1180. The Morgan fingerprint density at radius 3 is 1.21 bits per heavy atom. The molecule has 0 atom stereocenters. The van der Waals surface area contributed by atoms with Crippen LogP contribution in [0.25, 0.3) is 0 Å². The second-order valence-electron chi connectivity index (χ2n) is 10.6. The van der Waals surface area contributed by atoms with Crippen LogP contribution in [0.4, 0.5) is 92.2 Å². The van der Waals surface area contributed by atoms with Crippen LogP contribution >= 0.6 is 0 Å². The Labute approximate surface area is 323 Å². The summed E-state index contributed by atoms with van der Waals surface area (Å²) in [7, 11) is -11.3. The molecule has 8 nitrogen and oxygen atoms in total. The minimum Gasteiger partial charge on any atom is -0.390 e. The predicted molar refractivity (Wildman–Crippen MR) is 175 cm³/mol. The molecule has 0 bridgehead atoms. The van der Waals surface area contributed by atoms with Gasteiger partial charge in [0.1, 0.15) is 0 Å². The van der Waals surface area contributed by atoms with E-state index in [1.165, 1.54) is 0 Å². The summed E-state index contributed by atoms with van der Waals surface area (Å²) in [6, 6.07) is -3.25. The van der Waals surface area contributed by atoms with Crippen LogP contribution in [-0.4, -0.2) is 130 Å². The zero-order chi connectivity index (χ0) is 41.7. The summed E-state index contributed by atoms with van der Waals surface area (Å²) in [4.78, 5) is 38.8. The smallest absolute Gasteiger partial charge is 0.390 e. The van der Waals surface area contributed by atoms with Gasteiger partial charge in [-0.2, -0.15) is 87.8 Å². The first-order valence-corrected chi connectivity index (χ1v) is 17.7. The third-order valence-corrected chi connectivity index (χ3v) is 10.9. The van der Waals surface area contributed by atoms with Crippen LogP contribution in [0.15, 0.2) is 11.9 Å². The first-order valence-electron chi connectivity index (χ1n) is 13.7. The monoisotopic (exact) mass is 953 g/mol. The van der Waals surface area contributed by atoms with Crippen molar-refractivity contribution in [3.63, 3.8) is 0 Å². The fourth-order valence-corrected chi connectivity index (χ4v) is 7.60. The van der Waals surface area contributed by atoms with Gasteiger partial charge in [-0.3, -0.25) is 0 Å². The second-order valence-corrected chi connectivity index (χ2v) is 15.4. The lowest BCUT2D eigenvalue weighted by molar-refractivity contribution is -0.440. The quantitative estimate of drug-likeness (QED) is 0.0309. The molecule has 0 aliphatic carbocycles. The Morgan fingerprint density at radius 2 is 0.810 bits per heavy atom. The Morgan fingerprint density at radius 1 is 0.466 bits per heavy atom. The van der Waals surface area contributed by atoms with E-state index in [4.69, 9.17) is 0 Å². The molecular weight excluding hydrogens is 901 g/mol. The van der Waals surface area contributed by atoms with Crippen molar-refractivity contribution in [2.75, 3.05) is 39.3 Å². The number of allylic oxidation sites excluding steroid dienone is 1. The first-order chi connectivity index (χ1) is 22.8. The minimum absolute atomic E-state index is 0. The summed E-state index contributed by atoms with van der Waals surface area (Å²) in [5.74, 6) is -54.5. The van der Waals surface area contributed by atoms with Crippen molar-refractivity contribution in [3.05, 3.63) is 11.9 Å². The van der Waals surface area contributed by atoms with E-state index >= 15 is 0 Å². The van der Waals surface area contributed by atoms with Gasteiger partial charge in [-0.15, -0.1) is 0 Å². The van der Waals surface area contributed by atoms with Crippen molar-refractivity contribution in [1.29, 1.82) is 0 Å². The highest BCUT2D eigenvalue weighted by Crippen LogP contribution is 2.61. The molecule has 0 spiro atoms. The lowest BCUT2D eigenvalue weighted by Crippen LogP contribution is -2.70. The highest BCUT2D eigenvalue weighted by molar-refractivity contribution is 6.72. The zero-order valence-electron chi connectivity index (χ0n) is 25.3. The van der Waals surface area contributed by atoms with E-state index in [9.17, 15) is 111 Å². The number of hydrogen-bond donors (Lipinski definition) is 7. The molecule has 0 saturated heterocycles. The standard InChI is InChI=1S/C21H28F21N3O5Si2.6CH4/c22-12(14(25,26)16(29,30)20(37,38)39)2-5-44-7-9-45-8-6-43-4-1-10-51(46,47)50-52(48,49)11-3-13(23,24)15(27,28)17(31,32)18(33,34)19(35,36)21(40,41)42;;;;;;/h2,43-49H,1,3-11H2;6*1H4/b12-2-;;;;;;. The summed E-state index contributed by atoms with van der Waals surface area (Å²) in [6.07, 6.45) is -18.0. The first kappa shape index (κ1) is 70.9. The average Bonchev–Trinajstić information content (AvgIpc) is 2.94. The maximum absolute atomic E-state index is 13.9. The molecule has 58 heavy (non-hydrogen) atoms. The number of rotatable bonds is 23. The van der Waals surface area contributed by atoms with Crippen molar-refractivity contribution in [2.45, 2.75) is 123 Å². The molecule has 360 valence electrons. The van der Waals surface area contributed by atoms with Gasteiger partial charge in [0.15, 0.2) is 5.83 Å². The van der Waals surface area contributed by atoms with Crippen LogP contribution in [0.3, 0.4) is 0 Å². The fraction of sp³-hybridized carbons (Fsp3) is 0.926. The van der Waals surface area contributed by atoms with Gasteiger partial charge in [-0.25, -0.2) is 4.39 Å². The van der Waals surface area contributed by atoms with Gasteiger partial charge in [0, 0.05) is 51.2 Å². The number of nitrogens with one attached hydrogen (secondary N) is 3. The Hall–Kier alpha value is -1.62. The summed E-state index contributed by atoms with van der Waals surface area (Å²) in [5.41, 5.74) is 0. The molecule has 0 aliphatic rings. The van der Waals surface area contributed by atoms with Crippen LogP contribution in [-0.2, 0) is 4.12 Å². The van der Waals surface area contributed by atoms with Gasteiger partial charge in [-0.1, -0.05) is 44.6 Å². The predicted octanol–water partition coefficient (Wildman–Crippen LogP) is 8.64. The Kier molecular flexibility index (Phi) is 29.5. The van der Waals surface area contributed by atoms with E-state index in [1.54, 1.807) is 0 Å². The maximum Gasteiger partial charge on any atom is 0.488 e. The van der Waals surface area contributed by atoms with Crippen molar-refractivity contribution in [3.8, 4) is 0 Å². The molecule has 0 rings (SSSR count). The van der Waals surface area contributed by atoms with Crippen LogP contribution in [0, 0.1) is 0 Å². The molecular formula is C27H52F21N3O5Si2. The van der Waals surface area contributed by atoms with Gasteiger partial charge in [0.2, 0.25) is 0 Å². The van der Waals surface area contributed by atoms with Crippen molar-refractivity contribution >= 4 is 17.6 Å². The van der Waals surface area contributed by atoms with E-state index in [-0.39, 0.29) is 89.8 Å². The molecule has 0 aromatic rings. The average molecular weight is 954 g/mol. The molecule has 31 heteroatoms. The molecule has 0 radical (unpaired) electrons. The minimum atomic E-state index is -8.17. The summed E-state index contributed by atoms with van der Waals surface area (Å²) in [5, 5.41) is 7.43. The molecule has 7 N–H and O–H groups in total. The van der Waals surface area contributed by atoms with Crippen molar-refractivity contribution < 1.29 is 115 Å². The van der Waals surface area contributed by atoms with Crippen molar-refractivity contribution in [2.24, 2.45) is 0 Å². The molecule has 0 amide bonds. The molecule has 0 aromatic carbocycles. The highest BCUT2D eigenvalue weighted by Gasteiger charge is 2.90. The van der Waals surface area contributed by atoms with Crippen LogP contribution < -0.4 is 16.0 Å². The Balaban J connectivity index is -0.000000867. The number of alkyl halides is 20. The maximum atomic E-state index is 13.9. The van der Waals surface area contributed by atoms with Gasteiger partial charge in [-0.05, 0) is 19.0 Å². The highest BCUT2D eigenvalue weighted by atomic mass is 28.5. The van der Waals surface area contributed by atoms with E-state index < -0.39 is 102 Å². The summed E-state index contributed by atoms with van der Waals surface area (Å²) < 4.78 is 276. The summed E-state index contributed by atoms with van der Waals surface area (Å²) >= 11 is 0. The van der Waals surface area contributed by atoms with Crippen LogP contribution in [0.2, 0.25) is 12.1 Å². The third kappa shape index (κ3) is 16.7. The van der Waals surface area contributed by atoms with Gasteiger partial charge in [0.05, 0.1) is 0 Å². The summed E-state index contributed by atoms with van der Waals surface area (Å²) in [6.45, 7) is -1.20. The van der Waals surface area contributed by atoms with E-state index in [0.29, 0.717) is 0 Å². The zero-order valence-corrected chi connectivity index (χ0v) is 27.3. The molecule has 0 heterocycles. The second kappa shape index (κ2) is 24.1.